The number of aromatic nitrogens is 1. The number of likely N-dealkylation sites (N-methyl/N-ethyl adjacent to an activating group) is 1. The van der Waals surface area contributed by atoms with Crippen LogP contribution in [-0.4, -0.2) is 52.9 Å². The van der Waals surface area contributed by atoms with Crippen LogP contribution in [0.1, 0.15) is 29.8 Å². The minimum absolute atomic E-state index is 0.00764. The third kappa shape index (κ3) is 2.30. The Balaban J connectivity index is 1.77. The van der Waals surface area contributed by atoms with Gasteiger partial charge in [-0.25, -0.2) is 4.98 Å². The third-order valence-electron chi connectivity index (χ3n) is 4.43. The maximum absolute atomic E-state index is 12.5. The maximum atomic E-state index is 12.5. The summed E-state index contributed by atoms with van der Waals surface area (Å²) in [6, 6.07) is 6.36. The molecule has 1 aromatic heterocycles. The summed E-state index contributed by atoms with van der Waals surface area (Å²) in [6.45, 7) is 1.63. The van der Waals surface area contributed by atoms with E-state index >= 15 is 0 Å². The van der Waals surface area contributed by atoms with Gasteiger partial charge in [-0.1, -0.05) is 6.07 Å². The Bertz CT molecular complexity index is 490. The van der Waals surface area contributed by atoms with Crippen LogP contribution in [0.3, 0.4) is 0 Å². The number of pyridine rings is 1. The minimum atomic E-state index is 0.00764. The molecule has 102 valence electrons. The molecule has 3 heterocycles. The van der Waals surface area contributed by atoms with E-state index in [0.717, 1.165) is 19.5 Å². The molecule has 0 spiro atoms. The lowest BCUT2D eigenvalue weighted by molar-refractivity contribution is 0.0734. The van der Waals surface area contributed by atoms with Gasteiger partial charge in [0, 0.05) is 25.2 Å². The SMILES string of the molecule is CN1C2CCC1CN(C(=O)c1cccc(N)n1)CC2. The van der Waals surface area contributed by atoms with Gasteiger partial charge >= 0.3 is 0 Å². The quantitative estimate of drug-likeness (QED) is 0.817. The molecule has 0 aromatic carbocycles. The van der Waals surface area contributed by atoms with Gasteiger partial charge in [0.15, 0.2) is 0 Å². The van der Waals surface area contributed by atoms with E-state index in [2.05, 4.69) is 16.9 Å². The first-order valence-corrected chi connectivity index (χ1v) is 6.89. The van der Waals surface area contributed by atoms with Crippen molar-refractivity contribution in [3.05, 3.63) is 23.9 Å². The summed E-state index contributed by atoms with van der Waals surface area (Å²) in [5.74, 6) is 0.410. The average Bonchev–Trinajstić information content (AvgIpc) is 2.62. The van der Waals surface area contributed by atoms with Gasteiger partial charge in [0.25, 0.3) is 5.91 Å². The number of likely N-dealkylation sites (tertiary alicyclic amines) is 1. The van der Waals surface area contributed by atoms with Crippen molar-refractivity contribution in [2.45, 2.75) is 31.3 Å². The average molecular weight is 260 g/mol. The van der Waals surface area contributed by atoms with E-state index in [1.165, 1.54) is 12.8 Å². The molecule has 5 heteroatoms. The fourth-order valence-electron chi connectivity index (χ4n) is 3.23. The lowest BCUT2D eigenvalue weighted by Gasteiger charge is -2.25. The normalized spacial score (nSPS) is 27.3. The molecule has 2 unspecified atom stereocenters. The summed E-state index contributed by atoms with van der Waals surface area (Å²) in [7, 11) is 2.18. The molecule has 5 nitrogen and oxygen atoms in total. The number of hydrogen-bond donors (Lipinski definition) is 1. The second kappa shape index (κ2) is 4.81. The molecule has 0 radical (unpaired) electrons. The zero-order valence-corrected chi connectivity index (χ0v) is 11.2. The standard InChI is InChI=1S/C14H20N4O/c1-17-10-5-6-11(17)9-18(8-7-10)14(19)12-3-2-4-13(15)16-12/h2-4,10-11H,5-9H2,1H3,(H2,15,16). The lowest BCUT2D eigenvalue weighted by atomic mass is 10.1. The van der Waals surface area contributed by atoms with Crippen molar-refractivity contribution in [3.8, 4) is 0 Å². The fraction of sp³-hybridized carbons (Fsp3) is 0.571. The van der Waals surface area contributed by atoms with Gasteiger partial charge in [-0.15, -0.1) is 0 Å². The van der Waals surface area contributed by atoms with Gasteiger partial charge in [-0.2, -0.15) is 0 Å². The zero-order chi connectivity index (χ0) is 13.4. The Morgan fingerprint density at radius 1 is 1.32 bits per heavy atom. The van der Waals surface area contributed by atoms with Crippen molar-refractivity contribution in [2.75, 3.05) is 25.9 Å². The van der Waals surface area contributed by atoms with Gasteiger partial charge in [-0.05, 0) is 38.4 Å². The van der Waals surface area contributed by atoms with E-state index in [4.69, 9.17) is 5.73 Å². The summed E-state index contributed by atoms with van der Waals surface area (Å²) >= 11 is 0. The summed E-state index contributed by atoms with van der Waals surface area (Å²) < 4.78 is 0. The fourth-order valence-corrected chi connectivity index (χ4v) is 3.23. The zero-order valence-electron chi connectivity index (χ0n) is 11.2. The Hall–Kier alpha value is -1.62. The highest BCUT2D eigenvalue weighted by molar-refractivity contribution is 5.92. The van der Waals surface area contributed by atoms with Gasteiger partial charge in [-0.3, -0.25) is 9.69 Å². The highest BCUT2D eigenvalue weighted by Gasteiger charge is 2.36. The number of carbonyl (C=O) groups is 1. The van der Waals surface area contributed by atoms with E-state index in [9.17, 15) is 4.79 Å². The molecule has 2 N–H and O–H groups in total. The van der Waals surface area contributed by atoms with Gasteiger partial charge in [0.2, 0.25) is 0 Å². The molecule has 1 amide bonds. The van der Waals surface area contributed by atoms with Crippen molar-refractivity contribution in [3.63, 3.8) is 0 Å². The molecule has 2 aliphatic rings. The molecular formula is C14H20N4O. The smallest absolute Gasteiger partial charge is 0.272 e. The molecule has 2 saturated heterocycles. The number of amides is 1. The largest absolute Gasteiger partial charge is 0.384 e. The molecule has 2 atom stereocenters. The van der Waals surface area contributed by atoms with E-state index in [0.29, 0.717) is 23.6 Å². The summed E-state index contributed by atoms with van der Waals surface area (Å²) in [5, 5.41) is 0. The first-order chi connectivity index (χ1) is 9.15. The van der Waals surface area contributed by atoms with Crippen LogP contribution in [0.4, 0.5) is 5.82 Å². The number of carbonyl (C=O) groups excluding carboxylic acids is 1. The highest BCUT2D eigenvalue weighted by atomic mass is 16.2. The van der Waals surface area contributed by atoms with Crippen molar-refractivity contribution >= 4 is 11.7 Å². The van der Waals surface area contributed by atoms with E-state index in [1.54, 1.807) is 18.2 Å². The Labute approximate surface area is 113 Å². The molecule has 0 saturated carbocycles. The van der Waals surface area contributed by atoms with Crippen LogP contribution in [0.5, 0.6) is 0 Å². The van der Waals surface area contributed by atoms with Crippen LogP contribution in [-0.2, 0) is 0 Å². The number of nitrogens with two attached hydrogens (primary N) is 1. The summed E-state index contributed by atoms with van der Waals surface area (Å²) in [5.41, 5.74) is 6.11. The molecule has 1 aromatic rings. The van der Waals surface area contributed by atoms with Crippen LogP contribution in [0, 0.1) is 0 Å². The summed E-state index contributed by atoms with van der Waals surface area (Å²) in [6.07, 6.45) is 3.51. The molecule has 2 bridgehead atoms. The Morgan fingerprint density at radius 2 is 2.11 bits per heavy atom. The van der Waals surface area contributed by atoms with Crippen LogP contribution in [0.15, 0.2) is 18.2 Å². The number of anilines is 1. The predicted octanol–water partition coefficient (Wildman–Crippen LogP) is 0.972. The monoisotopic (exact) mass is 260 g/mol. The Morgan fingerprint density at radius 3 is 2.89 bits per heavy atom. The second-order valence-corrected chi connectivity index (χ2v) is 5.54. The lowest BCUT2D eigenvalue weighted by Crippen LogP contribution is -2.40. The number of rotatable bonds is 1. The topological polar surface area (TPSA) is 62.5 Å². The van der Waals surface area contributed by atoms with Crippen LogP contribution in [0.2, 0.25) is 0 Å². The molecule has 0 aliphatic carbocycles. The number of fused-ring (bicyclic) bond motifs is 2. The minimum Gasteiger partial charge on any atom is -0.384 e. The van der Waals surface area contributed by atoms with E-state index in [-0.39, 0.29) is 5.91 Å². The predicted molar refractivity (Wildman–Crippen MR) is 73.7 cm³/mol. The first kappa shape index (κ1) is 12.4. The highest BCUT2D eigenvalue weighted by Crippen LogP contribution is 2.28. The van der Waals surface area contributed by atoms with Crippen molar-refractivity contribution < 1.29 is 4.79 Å². The maximum Gasteiger partial charge on any atom is 0.272 e. The molecule has 3 rings (SSSR count). The van der Waals surface area contributed by atoms with Crippen molar-refractivity contribution in [1.82, 2.24) is 14.8 Å². The third-order valence-corrected chi connectivity index (χ3v) is 4.43. The molecule has 19 heavy (non-hydrogen) atoms. The molecule has 2 aliphatic heterocycles. The van der Waals surface area contributed by atoms with Crippen LogP contribution >= 0.6 is 0 Å². The van der Waals surface area contributed by atoms with Crippen LogP contribution in [0.25, 0.3) is 0 Å². The number of nitrogens with zero attached hydrogens (tertiary/aromatic N) is 3. The molecular weight excluding hydrogens is 240 g/mol. The van der Waals surface area contributed by atoms with Gasteiger partial charge < -0.3 is 10.6 Å². The number of nitrogen functional groups attached to an aromatic ring is 1. The second-order valence-electron chi connectivity index (χ2n) is 5.54. The van der Waals surface area contributed by atoms with Crippen molar-refractivity contribution in [2.24, 2.45) is 0 Å². The molecule has 2 fully saturated rings. The van der Waals surface area contributed by atoms with E-state index < -0.39 is 0 Å². The van der Waals surface area contributed by atoms with Gasteiger partial charge in [0.1, 0.15) is 11.5 Å². The number of hydrogen-bond acceptors (Lipinski definition) is 4. The van der Waals surface area contributed by atoms with E-state index in [1.807, 2.05) is 4.90 Å². The first-order valence-electron chi connectivity index (χ1n) is 6.89. The van der Waals surface area contributed by atoms with Crippen molar-refractivity contribution in [1.29, 1.82) is 0 Å². The van der Waals surface area contributed by atoms with Crippen LogP contribution < -0.4 is 5.73 Å². The summed E-state index contributed by atoms with van der Waals surface area (Å²) in [4.78, 5) is 21.0. The van der Waals surface area contributed by atoms with Gasteiger partial charge in [0.05, 0.1) is 0 Å². The Kier molecular flexibility index (Phi) is 3.14.